The van der Waals surface area contributed by atoms with E-state index in [0.717, 1.165) is 22.4 Å². The molecule has 0 spiro atoms. The Morgan fingerprint density at radius 1 is 1.03 bits per heavy atom. The van der Waals surface area contributed by atoms with Crippen LogP contribution in [0.3, 0.4) is 0 Å². The van der Waals surface area contributed by atoms with E-state index in [1.54, 1.807) is 42.6 Å². The summed E-state index contributed by atoms with van der Waals surface area (Å²) in [7, 11) is 5.44. The van der Waals surface area contributed by atoms with E-state index in [0.29, 0.717) is 11.3 Å². The molecule has 1 saturated heterocycles. The van der Waals surface area contributed by atoms with E-state index in [9.17, 15) is 14.9 Å². The third-order valence-electron chi connectivity index (χ3n) is 6.93. The van der Waals surface area contributed by atoms with Gasteiger partial charge in [0.2, 0.25) is 6.04 Å². The molecule has 1 fully saturated rings. The molecule has 8 nitrogen and oxygen atoms in total. The van der Waals surface area contributed by atoms with Crippen LogP contribution in [-0.4, -0.2) is 55.2 Å². The molecular formula is C27H26N4O4. The first kappa shape index (κ1) is 22.6. The Bertz CT molecular complexity index is 1290. The van der Waals surface area contributed by atoms with Gasteiger partial charge in [-0.15, -0.1) is 0 Å². The molecule has 8 heteroatoms. The Morgan fingerprint density at radius 2 is 1.71 bits per heavy atom. The highest BCUT2D eigenvalue weighted by Crippen LogP contribution is 2.49. The smallest absolute Gasteiger partial charge is 0.248 e. The first-order valence-corrected chi connectivity index (χ1v) is 11.4. The number of benzene rings is 3. The highest BCUT2D eigenvalue weighted by atomic mass is 16.6. The van der Waals surface area contributed by atoms with Crippen LogP contribution in [0.25, 0.3) is 0 Å². The molecule has 178 valence electrons. The highest BCUT2D eigenvalue weighted by molar-refractivity contribution is 6.01. The van der Waals surface area contributed by atoms with Crippen molar-refractivity contribution >= 4 is 17.7 Å². The molecule has 0 aromatic heterocycles. The van der Waals surface area contributed by atoms with Crippen molar-refractivity contribution in [3.05, 3.63) is 105 Å². The zero-order valence-electron chi connectivity index (χ0n) is 19.7. The number of carbonyl (C=O) groups is 1. The maximum absolute atomic E-state index is 14.0. The summed E-state index contributed by atoms with van der Waals surface area (Å²) in [5, 5.41) is 18.8. The predicted molar refractivity (Wildman–Crippen MR) is 134 cm³/mol. The number of methoxy groups -OCH3 is 1. The van der Waals surface area contributed by atoms with Gasteiger partial charge in [-0.2, -0.15) is 5.10 Å². The summed E-state index contributed by atoms with van der Waals surface area (Å²) in [5.41, 5.74) is 3.82. The summed E-state index contributed by atoms with van der Waals surface area (Å²) >= 11 is 0. The van der Waals surface area contributed by atoms with E-state index in [1.165, 1.54) is 0 Å². The predicted octanol–water partition coefficient (Wildman–Crippen LogP) is 4.15. The Kier molecular flexibility index (Phi) is 5.72. The summed E-state index contributed by atoms with van der Waals surface area (Å²) in [6.07, 6.45) is 1.69. The van der Waals surface area contributed by atoms with Crippen LogP contribution in [0.5, 0.6) is 5.75 Å². The number of hydrogen-bond acceptors (Lipinski definition) is 7. The molecule has 0 aliphatic carbocycles. The van der Waals surface area contributed by atoms with Crippen molar-refractivity contribution < 1.29 is 14.5 Å². The minimum Gasteiger partial charge on any atom is -0.497 e. The lowest BCUT2D eigenvalue weighted by Gasteiger charge is -2.30. The lowest BCUT2D eigenvalue weighted by Crippen LogP contribution is -2.38. The molecule has 0 radical (unpaired) electrons. The number of carbonyl (C=O) groups excluding carboxylic acids is 1. The summed E-state index contributed by atoms with van der Waals surface area (Å²) in [4.78, 5) is 28.3. The topological polar surface area (TPSA) is 88.3 Å². The number of hydrazone groups is 1. The van der Waals surface area contributed by atoms with Gasteiger partial charge in [-0.3, -0.25) is 19.9 Å². The first-order chi connectivity index (χ1) is 16.9. The maximum Gasteiger partial charge on any atom is 0.248 e. The van der Waals surface area contributed by atoms with Crippen molar-refractivity contribution in [1.29, 1.82) is 0 Å². The molecule has 5 rings (SSSR count). The van der Waals surface area contributed by atoms with Crippen LogP contribution in [0.15, 0.2) is 77.9 Å². The fraction of sp³-hybridized carbons (Fsp3) is 0.259. The van der Waals surface area contributed by atoms with Gasteiger partial charge < -0.3 is 9.64 Å². The number of fused-ring (bicyclic) bond motifs is 3. The Morgan fingerprint density at radius 3 is 2.34 bits per heavy atom. The van der Waals surface area contributed by atoms with Gasteiger partial charge in [0.1, 0.15) is 17.8 Å². The van der Waals surface area contributed by atoms with Crippen LogP contribution in [0.4, 0.5) is 5.69 Å². The zero-order valence-corrected chi connectivity index (χ0v) is 19.7. The summed E-state index contributed by atoms with van der Waals surface area (Å²) in [6.45, 7) is 0. The lowest BCUT2D eigenvalue weighted by molar-refractivity contribution is -0.529. The number of anilines is 1. The molecule has 4 atom stereocenters. The molecule has 0 bridgehead atoms. The van der Waals surface area contributed by atoms with Crippen LogP contribution < -0.4 is 9.64 Å². The molecule has 0 saturated carbocycles. The summed E-state index contributed by atoms with van der Waals surface area (Å²) in [5.74, 6) is -0.265. The number of nitrogens with zero attached hydrogens (tertiary/aromatic N) is 4. The standard InChI is InChI=1S/C27H26N4O4/c1-29(2)20-12-8-17(9-13-20)23-25(31(33)34)24-22-7-5-4-6-19(22)16-28-30(24)26(23)27(32)18-10-14-21(35-3)15-11-18/h4-16,23-26H,1-3H3/t23-,24-,25-,26-/m0/s1. The van der Waals surface area contributed by atoms with Gasteiger partial charge in [0.25, 0.3) is 0 Å². The molecule has 3 aromatic rings. The van der Waals surface area contributed by atoms with Gasteiger partial charge in [0.15, 0.2) is 5.78 Å². The zero-order chi connectivity index (χ0) is 24.7. The number of ketones is 1. The van der Waals surface area contributed by atoms with Gasteiger partial charge in [-0.05, 0) is 47.5 Å². The van der Waals surface area contributed by atoms with Crippen molar-refractivity contribution in [2.24, 2.45) is 5.10 Å². The van der Waals surface area contributed by atoms with Crippen molar-refractivity contribution in [2.75, 3.05) is 26.1 Å². The van der Waals surface area contributed by atoms with Crippen LogP contribution >= 0.6 is 0 Å². The van der Waals surface area contributed by atoms with E-state index in [4.69, 9.17) is 4.74 Å². The largest absolute Gasteiger partial charge is 0.497 e. The van der Waals surface area contributed by atoms with E-state index in [2.05, 4.69) is 5.10 Å². The molecule has 0 unspecified atom stereocenters. The number of hydrogen-bond donors (Lipinski definition) is 0. The summed E-state index contributed by atoms with van der Waals surface area (Å²) in [6, 6.07) is 19.5. The average molecular weight is 471 g/mol. The minimum atomic E-state index is -1.05. The van der Waals surface area contributed by atoms with E-state index in [-0.39, 0.29) is 10.7 Å². The molecule has 3 aromatic carbocycles. The molecule has 2 aliphatic rings. The molecule has 2 aliphatic heterocycles. The third-order valence-corrected chi connectivity index (χ3v) is 6.93. The van der Waals surface area contributed by atoms with Crippen molar-refractivity contribution in [3.63, 3.8) is 0 Å². The molecule has 0 amide bonds. The van der Waals surface area contributed by atoms with Gasteiger partial charge in [-0.1, -0.05) is 36.4 Å². The van der Waals surface area contributed by atoms with Gasteiger partial charge >= 0.3 is 0 Å². The molecule has 0 N–H and O–H groups in total. The van der Waals surface area contributed by atoms with Gasteiger partial charge in [0, 0.05) is 35.8 Å². The average Bonchev–Trinajstić information content (AvgIpc) is 3.24. The molecular weight excluding hydrogens is 444 g/mol. The maximum atomic E-state index is 14.0. The van der Waals surface area contributed by atoms with Crippen LogP contribution in [0.1, 0.15) is 39.0 Å². The Hall–Kier alpha value is -4.20. The fourth-order valence-electron chi connectivity index (χ4n) is 5.20. The second-order valence-corrected chi connectivity index (χ2v) is 9.02. The number of Topliss-reactive ketones (excluding diaryl/α,β-unsaturated/α-hetero) is 1. The van der Waals surface area contributed by atoms with Crippen LogP contribution in [0, 0.1) is 10.1 Å². The fourth-order valence-corrected chi connectivity index (χ4v) is 5.20. The van der Waals surface area contributed by atoms with Crippen molar-refractivity contribution in [1.82, 2.24) is 5.01 Å². The highest BCUT2D eigenvalue weighted by Gasteiger charge is 2.60. The van der Waals surface area contributed by atoms with Crippen LogP contribution in [0.2, 0.25) is 0 Å². The van der Waals surface area contributed by atoms with Crippen molar-refractivity contribution in [2.45, 2.75) is 24.0 Å². The lowest BCUT2D eigenvalue weighted by atomic mass is 9.82. The number of ether oxygens (including phenoxy) is 1. The second-order valence-electron chi connectivity index (χ2n) is 9.02. The second kappa shape index (κ2) is 8.87. The van der Waals surface area contributed by atoms with E-state index < -0.39 is 24.0 Å². The number of rotatable bonds is 6. The number of nitro groups is 1. The minimum absolute atomic E-state index is 0.208. The van der Waals surface area contributed by atoms with E-state index in [1.807, 2.05) is 67.5 Å². The monoisotopic (exact) mass is 470 g/mol. The Labute approximate surface area is 203 Å². The van der Waals surface area contributed by atoms with Gasteiger partial charge in [-0.25, -0.2) is 0 Å². The van der Waals surface area contributed by atoms with E-state index >= 15 is 0 Å². The Balaban J connectivity index is 1.66. The van der Waals surface area contributed by atoms with Crippen molar-refractivity contribution in [3.8, 4) is 5.75 Å². The third kappa shape index (κ3) is 3.80. The van der Waals surface area contributed by atoms with Gasteiger partial charge in [0.05, 0.1) is 19.2 Å². The normalized spacial score (nSPS) is 22.3. The first-order valence-electron chi connectivity index (χ1n) is 11.4. The molecule has 2 heterocycles. The summed E-state index contributed by atoms with van der Waals surface area (Å²) < 4.78 is 5.23. The SMILES string of the molecule is COc1ccc(C(=O)[C@@H]2[C@@H](c3ccc(N(C)C)cc3)[C@H]([N+](=O)[O-])[C@@H]3c4ccccc4C=NN23)cc1. The van der Waals surface area contributed by atoms with Crippen LogP contribution in [-0.2, 0) is 0 Å². The molecule has 35 heavy (non-hydrogen) atoms. The quantitative estimate of drug-likeness (QED) is 0.306.